The highest BCUT2D eigenvalue weighted by Gasteiger charge is 2.22. The summed E-state index contributed by atoms with van der Waals surface area (Å²) in [5.41, 5.74) is 3.79. The maximum Gasteiger partial charge on any atom is 0.151 e. The van der Waals surface area contributed by atoms with Crippen LogP contribution in [-0.2, 0) is 0 Å². The van der Waals surface area contributed by atoms with Gasteiger partial charge in [-0.1, -0.05) is 85.3 Å². The Morgan fingerprint density at radius 2 is 1.15 bits per heavy atom. The Bertz CT molecular complexity index is 770. The zero-order valence-electron chi connectivity index (χ0n) is 15.1. The first-order valence-corrected chi connectivity index (χ1v) is 9.53. The maximum atomic E-state index is 6.34. The monoisotopic (exact) mass is 343 g/mol. The lowest BCUT2D eigenvalue weighted by Gasteiger charge is -2.29. The molecule has 0 bridgehead atoms. The molecule has 1 heterocycles. The van der Waals surface area contributed by atoms with E-state index in [4.69, 9.17) is 4.84 Å². The van der Waals surface area contributed by atoms with Crippen molar-refractivity contribution in [3.05, 3.63) is 102 Å². The highest BCUT2D eigenvalue weighted by molar-refractivity contribution is 5.48. The molecule has 1 aliphatic rings. The fourth-order valence-electron chi connectivity index (χ4n) is 3.74. The van der Waals surface area contributed by atoms with Crippen molar-refractivity contribution in [2.24, 2.45) is 0 Å². The SMILES string of the molecule is c1ccc(C(c2ccccc2)c2ccccc2ON2CCCCC2)cc1. The van der Waals surface area contributed by atoms with E-state index < -0.39 is 0 Å². The fourth-order valence-corrected chi connectivity index (χ4v) is 3.74. The van der Waals surface area contributed by atoms with Crippen LogP contribution in [0.3, 0.4) is 0 Å². The number of hydroxylamine groups is 2. The lowest BCUT2D eigenvalue weighted by atomic mass is 9.85. The Balaban J connectivity index is 1.74. The van der Waals surface area contributed by atoms with Crippen LogP contribution in [0.1, 0.15) is 41.9 Å². The molecule has 0 aromatic heterocycles. The number of hydrogen-bond acceptors (Lipinski definition) is 2. The van der Waals surface area contributed by atoms with E-state index in [-0.39, 0.29) is 5.92 Å². The number of piperidine rings is 1. The lowest BCUT2D eigenvalue weighted by molar-refractivity contribution is -0.0727. The largest absolute Gasteiger partial charge is 0.406 e. The highest BCUT2D eigenvalue weighted by Crippen LogP contribution is 2.37. The summed E-state index contributed by atoms with van der Waals surface area (Å²) in [6.07, 6.45) is 3.73. The predicted molar refractivity (Wildman–Crippen MR) is 106 cm³/mol. The fraction of sp³-hybridized carbons (Fsp3) is 0.250. The van der Waals surface area contributed by atoms with Crippen molar-refractivity contribution < 1.29 is 4.84 Å². The van der Waals surface area contributed by atoms with Crippen molar-refractivity contribution in [3.63, 3.8) is 0 Å². The first-order valence-electron chi connectivity index (χ1n) is 9.53. The van der Waals surface area contributed by atoms with E-state index in [1.807, 2.05) is 0 Å². The topological polar surface area (TPSA) is 12.5 Å². The Labute approximate surface area is 156 Å². The van der Waals surface area contributed by atoms with Crippen LogP contribution in [0.4, 0.5) is 0 Å². The molecule has 0 atom stereocenters. The van der Waals surface area contributed by atoms with Gasteiger partial charge in [-0.2, -0.15) is 0 Å². The van der Waals surface area contributed by atoms with Gasteiger partial charge in [0.25, 0.3) is 0 Å². The minimum absolute atomic E-state index is 0.165. The summed E-state index contributed by atoms with van der Waals surface area (Å²) >= 11 is 0. The average Bonchev–Trinajstić information content (AvgIpc) is 2.72. The molecule has 4 rings (SSSR count). The first kappa shape index (κ1) is 16.9. The maximum absolute atomic E-state index is 6.34. The van der Waals surface area contributed by atoms with Crippen molar-refractivity contribution in [2.75, 3.05) is 13.1 Å². The number of para-hydroxylation sites is 1. The minimum Gasteiger partial charge on any atom is -0.406 e. The Kier molecular flexibility index (Phi) is 5.32. The number of rotatable bonds is 5. The summed E-state index contributed by atoms with van der Waals surface area (Å²) in [6, 6.07) is 29.9. The summed E-state index contributed by atoms with van der Waals surface area (Å²) < 4.78 is 0. The van der Waals surface area contributed by atoms with Crippen LogP contribution >= 0.6 is 0 Å². The molecule has 1 aliphatic heterocycles. The normalized spacial score (nSPS) is 15.1. The summed E-state index contributed by atoms with van der Waals surface area (Å²) in [5.74, 6) is 1.13. The molecule has 132 valence electrons. The van der Waals surface area contributed by atoms with Crippen LogP contribution in [0.5, 0.6) is 5.75 Å². The third-order valence-electron chi connectivity index (χ3n) is 5.04. The van der Waals surface area contributed by atoms with Gasteiger partial charge < -0.3 is 4.84 Å². The van der Waals surface area contributed by atoms with Crippen LogP contribution in [0.2, 0.25) is 0 Å². The number of hydrogen-bond donors (Lipinski definition) is 0. The molecule has 0 spiro atoms. The third-order valence-corrected chi connectivity index (χ3v) is 5.04. The first-order chi connectivity index (χ1) is 12.9. The van der Waals surface area contributed by atoms with Gasteiger partial charge in [0.15, 0.2) is 5.75 Å². The molecule has 1 saturated heterocycles. The second-order valence-corrected chi connectivity index (χ2v) is 6.87. The van der Waals surface area contributed by atoms with Gasteiger partial charge in [-0.25, -0.2) is 0 Å². The highest BCUT2D eigenvalue weighted by atomic mass is 16.7. The van der Waals surface area contributed by atoms with Gasteiger partial charge in [0, 0.05) is 24.6 Å². The summed E-state index contributed by atoms with van der Waals surface area (Å²) in [5, 5.41) is 2.12. The van der Waals surface area contributed by atoms with Gasteiger partial charge in [-0.3, -0.25) is 0 Å². The van der Waals surface area contributed by atoms with Gasteiger partial charge in [-0.15, -0.1) is 5.06 Å². The van der Waals surface area contributed by atoms with E-state index in [1.54, 1.807) is 0 Å². The summed E-state index contributed by atoms with van der Waals surface area (Å²) in [6.45, 7) is 2.02. The minimum atomic E-state index is 0.165. The molecule has 0 aliphatic carbocycles. The molecule has 3 aromatic carbocycles. The molecule has 0 saturated carbocycles. The second-order valence-electron chi connectivity index (χ2n) is 6.87. The molecule has 3 aromatic rings. The van der Waals surface area contributed by atoms with Gasteiger partial charge in [0.1, 0.15) is 0 Å². The van der Waals surface area contributed by atoms with E-state index >= 15 is 0 Å². The number of benzene rings is 3. The molecule has 0 N–H and O–H groups in total. The molecular formula is C24H25NO. The molecule has 2 nitrogen and oxygen atoms in total. The molecule has 1 fully saturated rings. The van der Waals surface area contributed by atoms with E-state index in [2.05, 4.69) is 90.0 Å². The Hall–Kier alpha value is -2.58. The van der Waals surface area contributed by atoms with Crippen LogP contribution in [0.25, 0.3) is 0 Å². The summed E-state index contributed by atoms with van der Waals surface area (Å²) in [4.78, 5) is 6.34. The molecular weight excluding hydrogens is 318 g/mol. The van der Waals surface area contributed by atoms with Gasteiger partial charge in [-0.05, 0) is 30.0 Å². The van der Waals surface area contributed by atoms with E-state index in [9.17, 15) is 0 Å². The predicted octanol–water partition coefficient (Wildman–Crippen LogP) is 5.65. The Morgan fingerprint density at radius 3 is 1.77 bits per heavy atom. The molecule has 2 heteroatoms. The third kappa shape index (κ3) is 3.81. The van der Waals surface area contributed by atoms with Crippen molar-refractivity contribution in [2.45, 2.75) is 25.2 Å². The van der Waals surface area contributed by atoms with Crippen LogP contribution in [0, 0.1) is 0 Å². The van der Waals surface area contributed by atoms with Crippen molar-refractivity contribution >= 4 is 0 Å². The quantitative estimate of drug-likeness (QED) is 0.555. The molecule has 26 heavy (non-hydrogen) atoms. The molecule has 0 radical (unpaired) electrons. The molecule has 0 amide bonds. The van der Waals surface area contributed by atoms with Gasteiger partial charge in [0.2, 0.25) is 0 Å². The van der Waals surface area contributed by atoms with Gasteiger partial charge in [0.05, 0.1) is 0 Å². The van der Waals surface area contributed by atoms with Crippen LogP contribution in [-0.4, -0.2) is 18.2 Å². The summed E-state index contributed by atoms with van der Waals surface area (Å²) in [7, 11) is 0. The standard InChI is InChI=1S/C24H25NO/c1-4-12-20(13-5-1)24(21-14-6-2-7-15-21)22-16-8-9-17-23(22)26-25-18-10-3-11-19-25/h1-2,4-9,12-17,24H,3,10-11,18-19H2. The zero-order valence-corrected chi connectivity index (χ0v) is 15.1. The smallest absolute Gasteiger partial charge is 0.151 e. The van der Waals surface area contributed by atoms with Crippen LogP contribution < -0.4 is 4.84 Å². The van der Waals surface area contributed by atoms with Crippen LogP contribution in [0.15, 0.2) is 84.9 Å². The van der Waals surface area contributed by atoms with E-state index in [1.165, 1.54) is 36.0 Å². The van der Waals surface area contributed by atoms with E-state index in [0.717, 1.165) is 18.8 Å². The van der Waals surface area contributed by atoms with Crippen molar-refractivity contribution in [1.29, 1.82) is 0 Å². The number of nitrogens with zero attached hydrogens (tertiary/aromatic N) is 1. The average molecular weight is 343 g/mol. The molecule has 0 unspecified atom stereocenters. The van der Waals surface area contributed by atoms with E-state index in [0.29, 0.717) is 0 Å². The van der Waals surface area contributed by atoms with Crippen molar-refractivity contribution in [1.82, 2.24) is 5.06 Å². The Morgan fingerprint density at radius 1 is 0.615 bits per heavy atom. The van der Waals surface area contributed by atoms with Crippen molar-refractivity contribution in [3.8, 4) is 5.75 Å². The van der Waals surface area contributed by atoms with Gasteiger partial charge >= 0.3 is 0 Å². The second kappa shape index (κ2) is 8.20. The lowest BCUT2D eigenvalue weighted by Crippen LogP contribution is -2.33. The zero-order chi connectivity index (χ0) is 17.6.